The highest BCUT2D eigenvalue weighted by Gasteiger charge is 2.39. The van der Waals surface area contributed by atoms with Crippen molar-refractivity contribution < 1.29 is 9.84 Å². The second kappa shape index (κ2) is 8.28. The van der Waals surface area contributed by atoms with Crippen molar-refractivity contribution in [2.24, 2.45) is 5.73 Å². The molecule has 3 nitrogen and oxygen atoms in total. The summed E-state index contributed by atoms with van der Waals surface area (Å²) in [5.74, 6) is 0. The van der Waals surface area contributed by atoms with Crippen LogP contribution in [0.1, 0.15) is 30.0 Å². The van der Waals surface area contributed by atoms with Crippen LogP contribution in [0.4, 0.5) is 0 Å². The SMILES string of the molecule is CC(O)CC(N)OC(c1ccccc1)(c1ccccc1)c1ccccc1. The van der Waals surface area contributed by atoms with Crippen LogP contribution >= 0.6 is 0 Å². The molecule has 26 heavy (non-hydrogen) atoms. The monoisotopic (exact) mass is 347 g/mol. The molecule has 0 aliphatic rings. The zero-order valence-electron chi connectivity index (χ0n) is 15.0. The number of ether oxygens (including phenoxy) is 1. The molecule has 3 rings (SSSR count). The molecule has 3 heteroatoms. The first-order chi connectivity index (χ1) is 12.6. The predicted octanol–water partition coefficient (Wildman–Crippen LogP) is 4.05. The highest BCUT2D eigenvalue weighted by Crippen LogP contribution is 2.41. The Bertz CT molecular complexity index is 692. The molecule has 0 bridgehead atoms. The van der Waals surface area contributed by atoms with Gasteiger partial charge in [-0.2, -0.15) is 0 Å². The van der Waals surface area contributed by atoms with Crippen LogP contribution in [0.25, 0.3) is 0 Å². The van der Waals surface area contributed by atoms with Gasteiger partial charge in [0.15, 0.2) is 0 Å². The third-order valence-electron chi connectivity index (χ3n) is 4.44. The van der Waals surface area contributed by atoms with Gasteiger partial charge in [0, 0.05) is 6.42 Å². The summed E-state index contributed by atoms with van der Waals surface area (Å²) in [6.07, 6.45) is -0.797. The summed E-state index contributed by atoms with van der Waals surface area (Å²) in [4.78, 5) is 0. The fraction of sp³-hybridized carbons (Fsp3) is 0.217. The van der Waals surface area contributed by atoms with Crippen molar-refractivity contribution in [2.45, 2.75) is 31.3 Å². The van der Waals surface area contributed by atoms with Crippen LogP contribution in [-0.4, -0.2) is 17.4 Å². The summed E-state index contributed by atoms with van der Waals surface area (Å²) in [7, 11) is 0. The lowest BCUT2D eigenvalue weighted by Crippen LogP contribution is -2.41. The first-order valence-electron chi connectivity index (χ1n) is 8.91. The minimum absolute atomic E-state index is 0.355. The third-order valence-corrected chi connectivity index (χ3v) is 4.44. The predicted molar refractivity (Wildman–Crippen MR) is 105 cm³/mol. The third kappa shape index (κ3) is 3.86. The number of benzene rings is 3. The fourth-order valence-corrected chi connectivity index (χ4v) is 3.33. The van der Waals surface area contributed by atoms with Gasteiger partial charge in [-0.05, 0) is 23.6 Å². The molecule has 134 valence electrons. The van der Waals surface area contributed by atoms with Gasteiger partial charge in [-0.15, -0.1) is 0 Å². The van der Waals surface area contributed by atoms with Crippen molar-refractivity contribution in [3.05, 3.63) is 108 Å². The Morgan fingerprint density at radius 3 is 1.42 bits per heavy atom. The van der Waals surface area contributed by atoms with Crippen LogP contribution in [-0.2, 0) is 10.3 Å². The van der Waals surface area contributed by atoms with Gasteiger partial charge in [0.1, 0.15) is 11.8 Å². The zero-order valence-corrected chi connectivity index (χ0v) is 15.0. The molecule has 0 aliphatic carbocycles. The first kappa shape index (κ1) is 18.3. The highest BCUT2D eigenvalue weighted by molar-refractivity contribution is 5.47. The highest BCUT2D eigenvalue weighted by atomic mass is 16.5. The normalized spacial score (nSPS) is 14.0. The molecule has 0 aromatic heterocycles. The smallest absolute Gasteiger partial charge is 0.145 e. The van der Waals surface area contributed by atoms with E-state index in [0.29, 0.717) is 6.42 Å². The Kier molecular flexibility index (Phi) is 5.84. The van der Waals surface area contributed by atoms with E-state index in [2.05, 4.69) is 36.4 Å². The summed E-state index contributed by atoms with van der Waals surface area (Å²) in [5, 5.41) is 9.77. The number of hydrogen-bond donors (Lipinski definition) is 2. The Labute approximate surface area is 155 Å². The van der Waals surface area contributed by atoms with E-state index < -0.39 is 17.9 Å². The average molecular weight is 347 g/mol. The number of hydrogen-bond acceptors (Lipinski definition) is 3. The van der Waals surface area contributed by atoms with Crippen molar-refractivity contribution in [1.29, 1.82) is 0 Å². The van der Waals surface area contributed by atoms with Gasteiger partial charge in [-0.1, -0.05) is 91.0 Å². The second-order valence-electron chi connectivity index (χ2n) is 6.52. The van der Waals surface area contributed by atoms with Crippen molar-refractivity contribution >= 4 is 0 Å². The summed E-state index contributed by atoms with van der Waals surface area (Å²) >= 11 is 0. The van der Waals surface area contributed by atoms with Gasteiger partial charge in [0.25, 0.3) is 0 Å². The van der Waals surface area contributed by atoms with E-state index in [1.807, 2.05) is 54.6 Å². The summed E-state index contributed by atoms with van der Waals surface area (Å²) in [6, 6.07) is 30.3. The lowest BCUT2D eigenvalue weighted by Gasteiger charge is -2.38. The van der Waals surface area contributed by atoms with Crippen LogP contribution in [0.15, 0.2) is 91.0 Å². The second-order valence-corrected chi connectivity index (χ2v) is 6.52. The van der Waals surface area contributed by atoms with Gasteiger partial charge in [0.2, 0.25) is 0 Å². The molecular formula is C23H25NO2. The molecule has 2 unspecified atom stereocenters. The standard InChI is InChI=1S/C23H25NO2/c1-18(25)17-22(24)26-23(19-11-5-2-6-12-19,20-13-7-3-8-14-20)21-15-9-4-10-16-21/h2-16,18,22,25H,17,24H2,1H3. The Morgan fingerprint density at radius 1 is 0.769 bits per heavy atom. The molecule has 0 fully saturated rings. The summed E-state index contributed by atoms with van der Waals surface area (Å²) < 4.78 is 6.52. The maximum Gasteiger partial charge on any atom is 0.145 e. The number of rotatable bonds is 7. The van der Waals surface area contributed by atoms with E-state index in [1.54, 1.807) is 6.92 Å². The number of aliphatic hydroxyl groups excluding tert-OH is 1. The first-order valence-corrected chi connectivity index (χ1v) is 8.91. The average Bonchev–Trinajstić information content (AvgIpc) is 2.67. The van der Waals surface area contributed by atoms with E-state index in [-0.39, 0.29) is 0 Å². The Morgan fingerprint density at radius 2 is 1.12 bits per heavy atom. The molecule has 0 spiro atoms. The molecule has 0 saturated carbocycles. The Hall–Kier alpha value is -2.46. The van der Waals surface area contributed by atoms with E-state index >= 15 is 0 Å². The fourth-order valence-electron chi connectivity index (χ4n) is 3.33. The molecule has 0 radical (unpaired) electrons. The van der Waals surface area contributed by atoms with Gasteiger partial charge >= 0.3 is 0 Å². The van der Waals surface area contributed by atoms with Crippen molar-refractivity contribution in [2.75, 3.05) is 0 Å². The minimum Gasteiger partial charge on any atom is -0.393 e. The van der Waals surface area contributed by atoms with Crippen LogP contribution in [0, 0.1) is 0 Å². The minimum atomic E-state index is -0.849. The summed E-state index contributed by atoms with van der Waals surface area (Å²) in [6.45, 7) is 1.72. The van der Waals surface area contributed by atoms with Crippen LogP contribution in [0.3, 0.4) is 0 Å². The molecule has 0 aliphatic heterocycles. The van der Waals surface area contributed by atoms with E-state index in [0.717, 1.165) is 16.7 Å². The van der Waals surface area contributed by atoms with E-state index in [1.165, 1.54) is 0 Å². The van der Waals surface area contributed by atoms with Gasteiger partial charge < -0.3 is 15.6 Å². The molecule has 0 heterocycles. The number of aliphatic hydroxyl groups is 1. The maximum absolute atomic E-state index is 9.77. The lowest BCUT2D eigenvalue weighted by molar-refractivity contribution is -0.0613. The largest absolute Gasteiger partial charge is 0.393 e. The maximum atomic E-state index is 9.77. The molecular weight excluding hydrogens is 322 g/mol. The van der Waals surface area contributed by atoms with E-state index in [9.17, 15) is 5.11 Å². The van der Waals surface area contributed by atoms with Gasteiger partial charge in [0.05, 0.1) is 6.10 Å². The van der Waals surface area contributed by atoms with E-state index in [4.69, 9.17) is 10.5 Å². The topological polar surface area (TPSA) is 55.5 Å². The number of nitrogens with two attached hydrogens (primary N) is 1. The van der Waals surface area contributed by atoms with Crippen molar-refractivity contribution in [3.8, 4) is 0 Å². The molecule has 3 aromatic carbocycles. The molecule has 0 saturated heterocycles. The van der Waals surface area contributed by atoms with Crippen molar-refractivity contribution in [3.63, 3.8) is 0 Å². The molecule has 0 amide bonds. The zero-order chi connectivity index (χ0) is 18.4. The molecule has 2 atom stereocenters. The quantitative estimate of drug-likeness (QED) is 0.501. The lowest BCUT2D eigenvalue weighted by atomic mass is 9.80. The molecule has 3 aromatic rings. The molecule has 3 N–H and O–H groups in total. The van der Waals surface area contributed by atoms with Crippen LogP contribution in [0.5, 0.6) is 0 Å². The van der Waals surface area contributed by atoms with Gasteiger partial charge in [-0.3, -0.25) is 0 Å². The van der Waals surface area contributed by atoms with Crippen LogP contribution < -0.4 is 5.73 Å². The summed E-state index contributed by atoms with van der Waals surface area (Å²) in [5.41, 5.74) is 8.44. The van der Waals surface area contributed by atoms with Crippen molar-refractivity contribution in [1.82, 2.24) is 0 Å². The van der Waals surface area contributed by atoms with Crippen LogP contribution in [0.2, 0.25) is 0 Å². The van der Waals surface area contributed by atoms with Gasteiger partial charge in [-0.25, -0.2) is 0 Å². The Balaban J connectivity index is 2.21.